The van der Waals surface area contributed by atoms with Crippen LogP contribution in [-0.2, 0) is 11.3 Å². The van der Waals surface area contributed by atoms with Crippen molar-refractivity contribution in [3.8, 4) is 0 Å². The van der Waals surface area contributed by atoms with Crippen LogP contribution in [0.2, 0.25) is 5.02 Å². The molecule has 0 saturated carbocycles. The highest BCUT2D eigenvalue weighted by atomic mass is 35.5. The number of hydrogen-bond acceptors (Lipinski definition) is 4. The molecule has 0 spiro atoms. The van der Waals surface area contributed by atoms with Gasteiger partial charge in [0.05, 0.1) is 30.1 Å². The van der Waals surface area contributed by atoms with Gasteiger partial charge < -0.3 is 20.0 Å². The van der Waals surface area contributed by atoms with Crippen LogP contribution < -0.4 is 10.6 Å². The van der Waals surface area contributed by atoms with Crippen LogP contribution in [0.4, 0.5) is 5.69 Å². The molecule has 1 aliphatic rings. The lowest BCUT2D eigenvalue weighted by Crippen LogP contribution is -2.52. The Morgan fingerprint density at radius 1 is 1.15 bits per heavy atom. The monoisotopic (exact) mass is 392 g/mol. The Labute approximate surface area is 163 Å². The van der Waals surface area contributed by atoms with E-state index < -0.39 is 0 Å². The Hall–Kier alpha value is -2.09. The second kappa shape index (κ2) is 9.02. The van der Waals surface area contributed by atoms with Gasteiger partial charge in [0, 0.05) is 26.2 Å². The Morgan fingerprint density at radius 3 is 2.62 bits per heavy atom. The van der Waals surface area contributed by atoms with Crippen LogP contribution in [0.5, 0.6) is 0 Å². The van der Waals surface area contributed by atoms with Gasteiger partial charge in [-0.2, -0.15) is 0 Å². The van der Waals surface area contributed by atoms with Gasteiger partial charge in [-0.05, 0) is 36.5 Å². The van der Waals surface area contributed by atoms with E-state index in [9.17, 15) is 4.79 Å². The number of hydrogen-bond donors (Lipinski definition) is 2. The summed E-state index contributed by atoms with van der Waals surface area (Å²) in [6.07, 6.45) is 1.65. The van der Waals surface area contributed by atoms with Crippen molar-refractivity contribution in [3.05, 3.63) is 53.4 Å². The third-order valence-corrected chi connectivity index (χ3v) is 4.90. The van der Waals surface area contributed by atoms with Gasteiger partial charge in [0.15, 0.2) is 5.11 Å². The topological polar surface area (TPSA) is 60.8 Å². The molecule has 2 aromatic rings. The molecule has 3 rings (SSSR count). The first-order valence-corrected chi connectivity index (χ1v) is 9.22. The fourth-order valence-electron chi connectivity index (χ4n) is 2.75. The number of rotatable bonds is 5. The van der Waals surface area contributed by atoms with E-state index in [2.05, 4.69) is 20.4 Å². The van der Waals surface area contributed by atoms with Gasteiger partial charge in [-0.3, -0.25) is 9.69 Å². The molecule has 0 bridgehead atoms. The zero-order valence-corrected chi connectivity index (χ0v) is 15.9. The lowest BCUT2D eigenvalue weighted by Gasteiger charge is -2.35. The summed E-state index contributed by atoms with van der Waals surface area (Å²) in [5.41, 5.74) is 0.640. The smallest absolute Gasteiger partial charge is 0.238 e. The number of piperazine rings is 1. The number of halogens is 1. The van der Waals surface area contributed by atoms with Gasteiger partial charge in [-0.15, -0.1) is 0 Å². The van der Waals surface area contributed by atoms with Crippen molar-refractivity contribution in [1.82, 2.24) is 15.1 Å². The normalized spacial score (nSPS) is 14.9. The van der Waals surface area contributed by atoms with Crippen LogP contribution in [0, 0.1) is 0 Å². The molecule has 26 heavy (non-hydrogen) atoms. The third-order valence-electron chi connectivity index (χ3n) is 4.17. The van der Waals surface area contributed by atoms with Crippen molar-refractivity contribution in [2.24, 2.45) is 0 Å². The summed E-state index contributed by atoms with van der Waals surface area (Å²) < 4.78 is 5.29. The number of carbonyl (C=O) groups is 1. The van der Waals surface area contributed by atoms with Crippen molar-refractivity contribution < 1.29 is 9.21 Å². The first kappa shape index (κ1) is 18.7. The van der Waals surface area contributed by atoms with Gasteiger partial charge >= 0.3 is 0 Å². The van der Waals surface area contributed by atoms with E-state index in [1.807, 2.05) is 24.3 Å². The summed E-state index contributed by atoms with van der Waals surface area (Å²) in [6.45, 7) is 4.03. The van der Waals surface area contributed by atoms with Crippen LogP contribution in [-0.4, -0.2) is 53.5 Å². The molecular formula is C18H21ClN4O2S. The maximum atomic E-state index is 12.2. The molecule has 6 nitrogen and oxygen atoms in total. The average molecular weight is 393 g/mol. The lowest BCUT2D eigenvalue weighted by molar-refractivity contribution is -0.117. The number of furan rings is 1. The van der Waals surface area contributed by atoms with E-state index in [1.54, 1.807) is 18.4 Å². The predicted octanol–water partition coefficient (Wildman–Crippen LogP) is 2.56. The number of nitrogens with zero attached hydrogens (tertiary/aromatic N) is 2. The summed E-state index contributed by atoms with van der Waals surface area (Å²) in [5, 5.41) is 7.30. The van der Waals surface area contributed by atoms with Gasteiger partial charge in [0.2, 0.25) is 5.91 Å². The lowest BCUT2D eigenvalue weighted by atomic mass is 10.3. The molecule has 1 fully saturated rings. The Bertz CT molecular complexity index is 745. The van der Waals surface area contributed by atoms with E-state index in [0.717, 1.165) is 31.9 Å². The van der Waals surface area contributed by atoms with Crippen molar-refractivity contribution in [2.75, 3.05) is 38.0 Å². The minimum Gasteiger partial charge on any atom is -0.467 e. The zero-order valence-electron chi connectivity index (χ0n) is 14.3. The molecule has 2 N–H and O–H groups in total. The molecule has 1 amide bonds. The minimum atomic E-state index is -0.0647. The Kier molecular flexibility index (Phi) is 6.49. The summed E-state index contributed by atoms with van der Waals surface area (Å²) >= 11 is 11.5. The highest BCUT2D eigenvalue weighted by Crippen LogP contribution is 2.20. The number of carbonyl (C=O) groups excluding carboxylic acids is 1. The number of amides is 1. The van der Waals surface area contributed by atoms with Gasteiger partial charge in [-0.1, -0.05) is 23.7 Å². The van der Waals surface area contributed by atoms with Crippen LogP contribution in [0.25, 0.3) is 0 Å². The summed E-state index contributed by atoms with van der Waals surface area (Å²) in [4.78, 5) is 16.4. The molecule has 0 radical (unpaired) electrons. The number of nitrogens with one attached hydrogen (secondary N) is 2. The summed E-state index contributed by atoms with van der Waals surface area (Å²) in [6, 6.07) is 11.0. The van der Waals surface area contributed by atoms with Crippen LogP contribution in [0.1, 0.15) is 5.76 Å². The molecule has 0 aliphatic carbocycles. The maximum absolute atomic E-state index is 12.2. The molecule has 1 aromatic heterocycles. The summed E-state index contributed by atoms with van der Waals surface area (Å²) in [7, 11) is 0. The van der Waals surface area contributed by atoms with E-state index >= 15 is 0 Å². The van der Waals surface area contributed by atoms with E-state index in [-0.39, 0.29) is 5.91 Å². The van der Waals surface area contributed by atoms with Crippen LogP contribution >= 0.6 is 23.8 Å². The molecule has 1 saturated heterocycles. The third kappa shape index (κ3) is 5.20. The first-order chi connectivity index (χ1) is 12.6. The SMILES string of the molecule is O=C(CN1CCN(C(=S)NCc2ccco2)CC1)Nc1ccccc1Cl. The highest BCUT2D eigenvalue weighted by Gasteiger charge is 2.20. The molecule has 1 aliphatic heterocycles. The molecule has 0 atom stereocenters. The standard InChI is InChI=1S/C18H21ClN4O2S/c19-15-5-1-2-6-16(15)21-17(24)13-22-7-9-23(10-8-22)18(26)20-12-14-4-3-11-25-14/h1-6,11H,7-10,12-13H2,(H,20,26)(H,21,24). The minimum absolute atomic E-state index is 0.0647. The zero-order chi connectivity index (χ0) is 18.4. The number of thiocarbonyl (C=S) groups is 1. The fourth-order valence-corrected chi connectivity index (χ4v) is 3.19. The van der Waals surface area contributed by atoms with E-state index in [1.165, 1.54) is 0 Å². The van der Waals surface area contributed by atoms with Gasteiger partial charge in [0.1, 0.15) is 5.76 Å². The van der Waals surface area contributed by atoms with Crippen LogP contribution in [0.15, 0.2) is 47.1 Å². The average Bonchev–Trinajstić information content (AvgIpc) is 3.16. The highest BCUT2D eigenvalue weighted by molar-refractivity contribution is 7.80. The van der Waals surface area contributed by atoms with Gasteiger partial charge in [-0.25, -0.2) is 0 Å². The summed E-state index contributed by atoms with van der Waals surface area (Å²) in [5.74, 6) is 0.785. The van der Waals surface area contributed by atoms with E-state index in [4.69, 9.17) is 28.2 Å². The van der Waals surface area contributed by atoms with Gasteiger partial charge in [0.25, 0.3) is 0 Å². The second-order valence-electron chi connectivity index (χ2n) is 6.03. The first-order valence-electron chi connectivity index (χ1n) is 8.44. The molecular weight excluding hydrogens is 372 g/mol. The number of para-hydroxylation sites is 1. The van der Waals surface area contributed by atoms with Crippen molar-refractivity contribution in [2.45, 2.75) is 6.54 Å². The fraction of sp³-hybridized carbons (Fsp3) is 0.333. The van der Waals surface area contributed by atoms with Crippen molar-refractivity contribution >= 4 is 40.5 Å². The van der Waals surface area contributed by atoms with E-state index in [0.29, 0.717) is 28.9 Å². The molecule has 8 heteroatoms. The molecule has 1 aromatic carbocycles. The predicted molar refractivity (Wildman–Crippen MR) is 106 cm³/mol. The van der Waals surface area contributed by atoms with Crippen molar-refractivity contribution in [3.63, 3.8) is 0 Å². The quantitative estimate of drug-likeness (QED) is 0.762. The number of benzene rings is 1. The maximum Gasteiger partial charge on any atom is 0.238 e. The number of anilines is 1. The van der Waals surface area contributed by atoms with Crippen molar-refractivity contribution in [1.29, 1.82) is 0 Å². The molecule has 2 heterocycles. The molecule has 0 unspecified atom stereocenters. The van der Waals surface area contributed by atoms with Crippen LogP contribution in [0.3, 0.4) is 0 Å². The Balaban J connectivity index is 1.40. The largest absolute Gasteiger partial charge is 0.467 e. The molecule has 138 valence electrons. The second-order valence-corrected chi connectivity index (χ2v) is 6.82. The Morgan fingerprint density at radius 2 is 1.92 bits per heavy atom.